The topological polar surface area (TPSA) is 50.9 Å². The van der Waals surface area contributed by atoms with Gasteiger partial charge in [0.05, 0.1) is 22.3 Å². The highest BCUT2D eigenvalue weighted by Gasteiger charge is 2.21. The molecule has 1 N–H and O–H groups in total. The van der Waals surface area contributed by atoms with Crippen LogP contribution in [0.15, 0.2) is 182 Å². The summed E-state index contributed by atoms with van der Waals surface area (Å²) >= 11 is 0. The first kappa shape index (κ1) is 29.5. The summed E-state index contributed by atoms with van der Waals surface area (Å²) in [7, 11) is 0. The Kier molecular flexibility index (Phi) is 7.56. The summed E-state index contributed by atoms with van der Waals surface area (Å²) in [6.45, 7) is -0.279. The lowest BCUT2D eigenvalue weighted by Crippen LogP contribution is -1.99. The van der Waals surface area contributed by atoms with Gasteiger partial charge in [-0.05, 0) is 119 Å². The summed E-state index contributed by atoms with van der Waals surface area (Å²) in [4.78, 5) is 10.2. The standard InChI is InChI=1S/C50H37N3O/c1-33-20-22-37(23-21-33)38-24-25-51-46(32-38)42-29-40(36-14-7-4-8-15-36)28-41(30-42)44-17-11-18-47-49(44)52-50(45-16-9-10-19-48(45)54)53(47)43-27-34(2)26-39(31-43)35-12-5-3-6-13-35/h3-32,54H,1-2H3/i2D3. The highest BCUT2D eigenvalue weighted by atomic mass is 16.3. The number of rotatable bonds is 7. The minimum atomic E-state index is -2.37. The maximum Gasteiger partial charge on any atom is 0.149 e. The van der Waals surface area contributed by atoms with Crippen LogP contribution in [0.3, 0.4) is 0 Å². The SMILES string of the molecule is [2H]C([2H])([2H])c1cc(-c2ccccc2)cc(-n2c(-c3ccccc3O)nc3c(-c4cc(-c5ccccc5)cc(-c5cc(-c6ccc(C)cc6)ccn5)c4)cccc32)c1. The van der Waals surface area contributed by atoms with Crippen LogP contribution in [0.25, 0.3) is 83.9 Å². The normalized spacial score (nSPS) is 12.3. The first-order chi connectivity index (χ1) is 27.7. The van der Waals surface area contributed by atoms with Crippen molar-refractivity contribution in [2.45, 2.75) is 13.8 Å². The lowest BCUT2D eigenvalue weighted by Gasteiger charge is -2.14. The summed E-state index contributed by atoms with van der Waals surface area (Å²) in [5.41, 5.74) is 13.6. The predicted octanol–water partition coefficient (Wildman–Crippen LogP) is 12.7. The number of benzene rings is 7. The van der Waals surface area contributed by atoms with Crippen LogP contribution < -0.4 is 0 Å². The van der Waals surface area contributed by atoms with Gasteiger partial charge in [0.25, 0.3) is 0 Å². The number of phenols is 1. The summed E-state index contributed by atoms with van der Waals surface area (Å²) in [5, 5.41) is 11.3. The van der Waals surface area contributed by atoms with Gasteiger partial charge in [-0.15, -0.1) is 0 Å². The van der Waals surface area contributed by atoms with Gasteiger partial charge in [0.15, 0.2) is 0 Å². The molecule has 0 bridgehead atoms. The predicted molar refractivity (Wildman–Crippen MR) is 223 cm³/mol. The zero-order valence-corrected chi connectivity index (χ0v) is 29.6. The van der Waals surface area contributed by atoms with Crippen molar-refractivity contribution in [2.24, 2.45) is 0 Å². The molecule has 0 fully saturated rings. The maximum atomic E-state index is 11.3. The fraction of sp³-hybridized carbons (Fsp3) is 0.0400. The summed E-state index contributed by atoms with van der Waals surface area (Å²) < 4.78 is 27.3. The number of aromatic hydroxyl groups is 1. The summed E-state index contributed by atoms with van der Waals surface area (Å²) in [6, 6.07) is 57.8. The van der Waals surface area contributed by atoms with Gasteiger partial charge in [0.2, 0.25) is 0 Å². The molecule has 0 aliphatic heterocycles. The third-order valence-corrected chi connectivity index (χ3v) is 9.90. The second-order valence-corrected chi connectivity index (χ2v) is 13.6. The van der Waals surface area contributed by atoms with Crippen LogP contribution in [0.4, 0.5) is 0 Å². The van der Waals surface area contributed by atoms with E-state index in [2.05, 4.69) is 73.7 Å². The molecule has 7 aromatic carbocycles. The number of pyridine rings is 1. The molecule has 0 aliphatic rings. The molecule has 9 aromatic rings. The van der Waals surface area contributed by atoms with E-state index in [9.17, 15) is 5.11 Å². The molecule has 0 spiro atoms. The molecule has 0 unspecified atom stereocenters. The molecule has 0 aliphatic carbocycles. The number of hydrogen-bond acceptors (Lipinski definition) is 3. The van der Waals surface area contributed by atoms with Crippen LogP contribution in [-0.2, 0) is 0 Å². The van der Waals surface area contributed by atoms with Crippen LogP contribution in [0.5, 0.6) is 5.75 Å². The second kappa shape index (κ2) is 13.8. The zero-order valence-electron chi connectivity index (χ0n) is 32.6. The quantitative estimate of drug-likeness (QED) is 0.180. The number of nitrogens with zero attached hydrogens (tertiary/aromatic N) is 3. The fourth-order valence-electron chi connectivity index (χ4n) is 7.22. The van der Waals surface area contributed by atoms with Crippen LogP contribution in [0.2, 0.25) is 0 Å². The van der Waals surface area contributed by atoms with Crippen molar-refractivity contribution in [3.63, 3.8) is 0 Å². The monoisotopic (exact) mass is 698 g/mol. The van der Waals surface area contributed by atoms with Crippen molar-refractivity contribution in [3.8, 4) is 78.6 Å². The summed E-state index contributed by atoms with van der Waals surface area (Å²) in [5.74, 6) is 0.558. The number of fused-ring (bicyclic) bond motifs is 1. The van der Waals surface area contributed by atoms with Crippen molar-refractivity contribution in [1.82, 2.24) is 14.5 Å². The first-order valence-electron chi connectivity index (χ1n) is 19.5. The molecule has 2 heterocycles. The number of aryl methyl sites for hydroxylation is 2. The lowest BCUT2D eigenvalue weighted by molar-refractivity contribution is 0.477. The Morgan fingerprint density at radius 2 is 1.15 bits per heavy atom. The molecule has 4 nitrogen and oxygen atoms in total. The Labute approximate surface area is 319 Å². The van der Waals surface area contributed by atoms with Crippen LogP contribution in [-0.4, -0.2) is 19.6 Å². The van der Waals surface area contributed by atoms with Gasteiger partial charge in [-0.2, -0.15) is 0 Å². The van der Waals surface area contributed by atoms with E-state index in [0.29, 0.717) is 22.6 Å². The smallest absolute Gasteiger partial charge is 0.149 e. The molecule has 4 heteroatoms. The molecular weight excluding hydrogens is 659 g/mol. The van der Waals surface area contributed by atoms with Crippen molar-refractivity contribution in [2.75, 3.05) is 0 Å². The van der Waals surface area contributed by atoms with Crippen molar-refractivity contribution < 1.29 is 9.22 Å². The van der Waals surface area contributed by atoms with E-state index in [1.54, 1.807) is 24.3 Å². The third-order valence-electron chi connectivity index (χ3n) is 9.90. The fourth-order valence-corrected chi connectivity index (χ4v) is 7.22. The van der Waals surface area contributed by atoms with E-state index in [1.165, 1.54) is 5.56 Å². The van der Waals surface area contributed by atoms with Gasteiger partial charge in [0, 0.05) is 27.1 Å². The van der Waals surface area contributed by atoms with Crippen LogP contribution in [0.1, 0.15) is 15.2 Å². The van der Waals surface area contributed by atoms with Gasteiger partial charge in [0.1, 0.15) is 11.6 Å². The van der Waals surface area contributed by atoms with Gasteiger partial charge in [-0.3, -0.25) is 9.55 Å². The minimum absolute atomic E-state index is 0.0683. The molecule has 54 heavy (non-hydrogen) atoms. The van der Waals surface area contributed by atoms with Crippen molar-refractivity contribution in [3.05, 3.63) is 193 Å². The molecular formula is C50H37N3O. The van der Waals surface area contributed by atoms with Crippen molar-refractivity contribution >= 4 is 11.0 Å². The Morgan fingerprint density at radius 3 is 1.89 bits per heavy atom. The minimum Gasteiger partial charge on any atom is -0.507 e. The summed E-state index contributed by atoms with van der Waals surface area (Å²) in [6.07, 6.45) is 1.86. The van der Waals surface area contributed by atoms with E-state index < -0.39 is 6.85 Å². The molecule has 0 saturated heterocycles. The first-order valence-corrected chi connectivity index (χ1v) is 18.0. The number of aromatic nitrogens is 3. The average Bonchev–Trinajstić information content (AvgIpc) is 3.64. The molecule has 9 rings (SSSR count). The second-order valence-electron chi connectivity index (χ2n) is 13.6. The number of hydrogen-bond donors (Lipinski definition) is 1. The Balaban J connectivity index is 1.29. The number of para-hydroxylation sites is 2. The highest BCUT2D eigenvalue weighted by molar-refractivity contribution is 5.97. The van der Waals surface area contributed by atoms with E-state index >= 15 is 0 Å². The van der Waals surface area contributed by atoms with E-state index in [0.717, 1.165) is 61.3 Å². The average molecular weight is 699 g/mol. The Hall–Kier alpha value is -7.04. The molecule has 2 aromatic heterocycles. The largest absolute Gasteiger partial charge is 0.507 e. The van der Waals surface area contributed by atoms with Gasteiger partial charge < -0.3 is 5.11 Å². The highest BCUT2D eigenvalue weighted by Crippen LogP contribution is 2.40. The number of phenolic OH excluding ortho intramolecular Hbond substituents is 1. The van der Waals surface area contributed by atoms with E-state index in [4.69, 9.17) is 14.1 Å². The third kappa shape index (κ3) is 6.24. The van der Waals surface area contributed by atoms with Gasteiger partial charge in [-0.1, -0.05) is 121 Å². The maximum absolute atomic E-state index is 11.3. The Bertz CT molecular complexity index is 2900. The Morgan fingerprint density at radius 1 is 0.500 bits per heavy atom. The molecule has 0 amide bonds. The lowest BCUT2D eigenvalue weighted by atomic mass is 9.93. The molecule has 258 valence electrons. The van der Waals surface area contributed by atoms with Gasteiger partial charge in [-0.25, -0.2) is 4.98 Å². The molecule has 0 saturated carbocycles. The van der Waals surface area contributed by atoms with E-state index in [-0.39, 0.29) is 11.3 Å². The molecule has 0 atom stereocenters. The zero-order chi connectivity index (χ0) is 39.1. The van der Waals surface area contributed by atoms with Gasteiger partial charge >= 0.3 is 0 Å². The molecule has 0 radical (unpaired) electrons. The number of imidazole rings is 1. The van der Waals surface area contributed by atoms with Crippen LogP contribution >= 0.6 is 0 Å². The van der Waals surface area contributed by atoms with E-state index in [1.807, 2.05) is 95.7 Å². The van der Waals surface area contributed by atoms with Crippen LogP contribution in [0, 0.1) is 13.8 Å². The van der Waals surface area contributed by atoms with Crippen molar-refractivity contribution in [1.29, 1.82) is 0 Å².